The zero-order valence-corrected chi connectivity index (χ0v) is 14.0. The van der Waals surface area contributed by atoms with E-state index in [1.54, 1.807) is 17.8 Å². The average molecular weight is 326 g/mol. The van der Waals surface area contributed by atoms with E-state index in [9.17, 15) is 0 Å². The van der Waals surface area contributed by atoms with E-state index in [1.807, 2.05) is 6.07 Å². The molecule has 2 aromatic carbocycles. The van der Waals surface area contributed by atoms with Gasteiger partial charge in [0.15, 0.2) is 0 Å². The average Bonchev–Trinajstić information content (AvgIpc) is 2.35. The molecule has 0 fully saturated rings. The van der Waals surface area contributed by atoms with Crippen molar-refractivity contribution in [1.82, 2.24) is 0 Å². The van der Waals surface area contributed by atoms with Crippen LogP contribution < -0.4 is 5.73 Å². The van der Waals surface area contributed by atoms with Gasteiger partial charge in [-0.3, -0.25) is 0 Å². The zero-order valence-electron chi connectivity index (χ0n) is 11.7. The normalized spacial score (nSPS) is 11.7. The molecule has 20 heavy (non-hydrogen) atoms. The van der Waals surface area contributed by atoms with Gasteiger partial charge in [0.2, 0.25) is 0 Å². The lowest BCUT2D eigenvalue weighted by Gasteiger charge is -2.19. The summed E-state index contributed by atoms with van der Waals surface area (Å²) in [4.78, 5) is 2.05. The van der Waals surface area contributed by atoms with Crippen LogP contribution in [0.5, 0.6) is 0 Å². The van der Waals surface area contributed by atoms with Gasteiger partial charge in [0.1, 0.15) is 0 Å². The van der Waals surface area contributed by atoms with Gasteiger partial charge in [-0.1, -0.05) is 67.9 Å². The second-order valence-electron chi connectivity index (χ2n) is 5.68. The van der Waals surface area contributed by atoms with Crippen molar-refractivity contribution < 1.29 is 0 Å². The first-order valence-corrected chi connectivity index (χ1v) is 7.87. The predicted molar refractivity (Wildman–Crippen MR) is 90.1 cm³/mol. The minimum Gasteiger partial charge on any atom is -0.398 e. The van der Waals surface area contributed by atoms with Crippen LogP contribution in [-0.4, -0.2) is 0 Å². The van der Waals surface area contributed by atoms with E-state index >= 15 is 0 Å². The summed E-state index contributed by atoms with van der Waals surface area (Å²) >= 11 is 13.6. The first-order valence-electron chi connectivity index (χ1n) is 6.30. The number of hydrogen-bond acceptors (Lipinski definition) is 2. The van der Waals surface area contributed by atoms with Crippen molar-refractivity contribution in [3.8, 4) is 0 Å². The number of rotatable bonds is 2. The lowest BCUT2D eigenvalue weighted by atomic mass is 9.87. The van der Waals surface area contributed by atoms with Gasteiger partial charge in [0, 0.05) is 15.5 Å². The molecule has 0 heterocycles. The molecule has 0 saturated heterocycles. The molecule has 0 amide bonds. The van der Waals surface area contributed by atoms with Crippen molar-refractivity contribution in [1.29, 1.82) is 0 Å². The van der Waals surface area contributed by atoms with Crippen LogP contribution in [0.1, 0.15) is 26.3 Å². The van der Waals surface area contributed by atoms with Gasteiger partial charge in [-0.05, 0) is 35.2 Å². The Labute approximate surface area is 134 Å². The summed E-state index contributed by atoms with van der Waals surface area (Å²) in [7, 11) is 0. The van der Waals surface area contributed by atoms with Crippen molar-refractivity contribution in [2.75, 3.05) is 5.73 Å². The largest absolute Gasteiger partial charge is 0.398 e. The van der Waals surface area contributed by atoms with E-state index in [-0.39, 0.29) is 5.41 Å². The van der Waals surface area contributed by atoms with Gasteiger partial charge in [-0.15, -0.1) is 0 Å². The van der Waals surface area contributed by atoms with E-state index < -0.39 is 0 Å². The Morgan fingerprint density at radius 3 is 2.05 bits per heavy atom. The number of benzene rings is 2. The molecule has 0 spiro atoms. The van der Waals surface area contributed by atoms with Gasteiger partial charge in [-0.25, -0.2) is 0 Å². The van der Waals surface area contributed by atoms with Crippen LogP contribution in [0.15, 0.2) is 46.2 Å². The number of anilines is 1. The lowest BCUT2D eigenvalue weighted by Crippen LogP contribution is -2.10. The Morgan fingerprint density at radius 1 is 0.950 bits per heavy atom. The van der Waals surface area contributed by atoms with Crippen LogP contribution in [0.4, 0.5) is 5.69 Å². The van der Waals surface area contributed by atoms with Gasteiger partial charge < -0.3 is 5.73 Å². The van der Waals surface area contributed by atoms with E-state index in [4.69, 9.17) is 28.9 Å². The molecular weight excluding hydrogens is 309 g/mol. The Kier molecular flexibility index (Phi) is 4.58. The molecule has 1 nitrogen and oxygen atoms in total. The molecule has 0 radical (unpaired) electrons. The molecule has 0 aliphatic carbocycles. The Morgan fingerprint density at radius 2 is 1.50 bits per heavy atom. The minimum absolute atomic E-state index is 0.159. The fraction of sp³-hybridized carbons (Fsp3) is 0.250. The summed E-state index contributed by atoms with van der Waals surface area (Å²) < 4.78 is 0. The first kappa shape index (κ1) is 15.6. The maximum atomic E-state index is 6.04. The summed E-state index contributed by atoms with van der Waals surface area (Å²) in [5.41, 5.74) is 8.08. The van der Waals surface area contributed by atoms with E-state index in [1.165, 1.54) is 5.56 Å². The molecule has 0 aromatic heterocycles. The highest BCUT2D eigenvalue weighted by atomic mass is 35.5. The van der Waals surface area contributed by atoms with E-state index in [2.05, 4.69) is 45.0 Å². The summed E-state index contributed by atoms with van der Waals surface area (Å²) in [5, 5.41) is 1.01. The van der Waals surface area contributed by atoms with Crippen LogP contribution in [0, 0.1) is 0 Å². The molecule has 2 N–H and O–H groups in total. The second-order valence-corrected chi connectivity index (χ2v) is 7.61. The Hall–Kier alpha value is -0.830. The summed E-state index contributed by atoms with van der Waals surface area (Å²) in [6.07, 6.45) is 0. The highest BCUT2D eigenvalue weighted by Crippen LogP contribution is 2.37. The molecule has 0 bridgehead atoms. The zero-order chi connectivity index (χ0) is 14.9. The molecule has 0 atom stereocenters. The number of halogens is 2. The van der Waals surface area contributed by atoms with Crippen molar-refractivity contribution in [3.63, 3.8) is 0 Å². The number of nitrogen functional groups attached to an aromatic ring is 1. The molecular formula is C16H17Cl2NS. The maximum absolute atomic E-state index is 6.04. The topological polar surface area (TPSA) is 26.0 Å². The molecule has 0 saturated carbocycles. The summed E-state index contributed by atoms with van der Waals surface area (Å²) in [6, 6.07) is 12.0. The smallest absolute Gasteiger partial charge is 0.0613 e. The molecule has 0 aliphatic rings. The van der Waals surface area contributed by atoms with Crippen molar-refractivity contribution in [2.45, 2.75) is 36.0 Å². The molecule has 0 aliphatic heterocycles. The highest BCUT2D eigenvalue weighted by Gasteiger charge is 2.13. The van der Waals surface area contributed by atoms with Gasteiger partial charge >= 0.3 is 0 Å². The molecule has 2 aromatic rings. The first-order chi connectivity index (χ1) is 9.27. The highest BCUT2D eigenvalue weighted by molar-refractivity contribution is 7.99. The van der Waals surface area contributed by atoms with Crippen LogP contribution in [0.2, 0.25) is 10.0 Å². The summed E-state index contributed by atoms with van der Waals surface area (Å²) in [6.45, 7) is 6.60. The maximum Gasteiger partial charge on any atom is 0.0613 e. The van der Waals surface area contributed by atoms with Gasteiger partial charge in [0.05, 0.1) is 10.0 Å². The minimum atomic E-state index is 0.159. The number of nitrogens with two attached hydrogens (primary N) is 1. The standard InChI is InChI=1S/C16H17Cl2NS/c1-16(2,3)10-4-6-11(7-5-10)20-15-9-13(18)12(17)8-14(15)19/h4-9H,19H2,1-3H3. The molecule has 2 rings (SSSR count). The monoisotopic (exact) mass is 325 g/mol. The van der Waals surface area contributed by atoms with Gasteiger partial charge in [-0.2, -0.15) is 0 Å². The number of hydrogen-bond donors (Lipinski definition) is 1. The molecule has 0 unspecified atom stereocenters. The second kappa shape index (κ2) is 5.88. The van der Waals surface area contributed by atoms with E-state index in [0.717, 1.165) is 9.79 Å². The van der Waals surface area contributed by atoms with E-state index in [0.29, 0.717) is 15.7 Å². The third-order valence-electron chi connectivity index (χ3n) is 3.00. The third kappa shape index (κ3) is 3.63. The molecule has 106 valence electrons. The third-order valence-corrected chi connectivity index (χ3v) is 4.80. The van der Waals surface area contributed by atoms with Crippen LogP contribution in [0.25, 0.3) is 0 Å². The van der Waals surface area contributed by atoms with Crippen LogP contribution >= 0.6 is 35.0 Å². The van der Waals surface area contributed by atoms with Crippen molar-refractivity contribution in [3.05, 3.63) is 52.0 Å². The Balaban J connectivity index is 2.25. The Bertz CT molecular complexity index is 616. The predicted octanol–water partition coefficient (Wildman–Crippen LogP) is 6.02. The van der Waals surface area contributed by atoms with Crippen LogP contribution in [-0.2, 0) is 5.41 Å². The van der Waals surface area contributed by atoms with Crippen LogP contribution in [0.3, 0.4) is 0 Å². The fourth-order valence-electron chi connectivity index (χ4n) is 1.78. The van der Waals surface area contributed by atoms with Crippen molar-refractivity contribution in [2.24, 2.45) is 0 Å². The fourth-order valence-corrected chi connectivity index (χ4v) is 3.06. The van der Waals surface area contributed by atoms with Gasteiger partial charge in [0.25, 0.3) is 0 Å². The lowest BCUT2D eigenvalue weighted by molar-refractivity contribution is 0.590. The SMILES string of the molecule is CC(C)(C)c1ccc(Sc2cc(Cl)c(Cl)cc2N)cc1. The molecule has 4 heteroatoms. The summed E-state index contributed by atoms with van der Waals surface area (Å²) in [5.74, 6) is 0. The quantitative estimate of drug-likeness (QED) is 0.682. The van der Waals surface area contributed by atoms with Crippen molar-refractivity contribution >= 4 is 40.7 Å².